The molecule has 1 rings (SSSR count). The topological polar surface area (TPSA) is 49.3 Å². The van der Waals surface area contributed by atoms with Crippen LogP contribution in [-0.4, -0.2) is 23.0 Å². The molecule has 0 aliphatic carbocycles. The lowest BCUT2D eigenvalue weighted by molar-refractivity contribution is -0.113. The summed E-state index contributed by atoms with van der Waals surface area (Å²) in [7, 11) is 0. The fourth-order valence-corrected chi connectivity index (χ4v) is 1.44. The SMILES string of the molecule is CSCC(=O)Nc1ccc(O)cc1C. The van der Waals surface area contributed by atoms with E-state index in [4.69, 9.17) is 5.11 Å². The Morgan fingerprint density at radius 1 is 1.57 bits per heavy atom. The molecule has 0 saturated carbocycles. The van der Waals surface area contributed by atoms with Gasteiger partial charge in [-0.1, -0.05) is 0 Å². The molecule has 0 aromatic heterocycles. The van der Waals surface area contributed by atoms with Crippen molar-refractivity contribution in [3.63, 3.8) is 0 Å². The van der Waals surface area contributed by atoms with Gasteiger partial charge in [-0.2, -0.15) is 11.8 Å². The molecular formula is C10H13NO2S. The molecule has 0 spiro atoms. The van der Waals surface area contributed by atoms with E-state index in [1.165, 1.54) is 11.8 Å². The summed E-state index contributed by atoms with van der Waals surface area (Å²) in [6, 6.07) is 4.87. The molecule has 2 N–H and O–H groups in total. The van der Waals surface area contributed by atoms with Crippen LogP contribution in [0, 0.1) is 6.92 Å². The molecule has 76 valence electrons. The second-order valence-electron chi connectivity index (χ2n) is 2.98. The zero-order chi connectivity index (χ0) is 10.6. The Hall–Kier alpha value is -1.16. The second-order valence-corrected chi connectivity index (χ2v) is 3.85. The number of aryl methyl sites for hydroxylation is 1. The maximum atomic E-state index is 11.3. The summed E-state index contributed by atoms with van der Waals surface area (Å²) in [5.41, 5.74) is 1.61. The summed E-state index contributed by atoms with van der Waals surface area (Å²) in [4.78, 5) is 11.3. The zero-order valence-corrected chi connectivity index (χ0v) is 9.02. The van der Waals surface area contributed by atoms with Gasteiger partial charge in [0.25, 0.3) is 0 Å². The predicted molar refractivity (Wildman–Crippen MR) is 59.9 cm³/mol. The Morgan fingerprint density at radius 3 is 2.86 bits per heavy atom. The number of benzene rings is 1. The second kappa shape index (κ2) is 4.91. The number of thioether (sulfide) groups is 1. The van der Waals surface area contributed by atoms with Crippen molar-refractivity contribution in [1.82, 2.24) is 0 Å². The quantitative estimate of drug-likeness (QED) is 0.752. The number of amides is 1. The van der Waals surface area contributed by atoms with Crippen LogP contribution in [0.2, 0.25) is 0 Å². The van der Waals surface area contributed by atoms with Crippen molar-refractivity contribution in [2.75, 3.05) is 17.3 Å². The third-order valence-corrected chi connectivity index (χ3v) is 2.31. The fourth-order valence-electron chi connectivity index (χ4n) is 1.11. The first-order chi connectivity index (χ1) is 6.63. The molecule has 0 radical (unpaired) electrons. The summed E-state index contributed by atoms with van der Waals surface area (Å²) in [6.45, 7) is 1.84. The summed E-state index contributed by atoms with van der Waals surface area (Å²) in [6.07, 6.45) is 1.88. The first kappa shape index (κ1) is 10.9. The molecular weight excluding hydrogens is 198 g/mol. The number of hydrogen-bond acceptors (Lipinski definition) is 3. The highest BCUT2D eigenvalue weighted by atomic mass is 32.2. The number of phenols is 1. The number of hydrogen-bond donors (Lipinski definition) is 2. The molecule has 0 fully saturated rings. The highest BCUT2D eigenvalue weighted by molar-refractivity contribution is 7.99. The number of rotatable bonds is 3. The van der Waals surface area contributed by atoms with E-state index in [9.17, 15) is 4.79 Å². The first-order valence-corrected chi connectivity index (χ1v) is 5.61. The lowest BCUT2D eigenvalue weighted by atomic mass is 10.2. The highest BCUT2D eigenvalue weighted by Gasteiger charge is 2.03. The fraction of sp³-hybridized carbons (Fsp3) is 0.300. The molecule has 0 bridgehead atoms. The molecule has 1 aromatic carbocycles. The van der Waals surface area contributed by atoms with Crippen LogP contribution in [0.1, 0.15) is 5.56 Å². The van der Waals surface area contributed by atoms with Gasteiger partial charge in [0.05, 0.1) is 5.75 Å². The average Bonchev–Trinajstić information content (AvgIpc) is 2.10. The first-order valence-electron chi connectivity index (χ1n) is 4.22. The van der Waals surface area contributed by atoms with Gasteiger partial charge in [-0.15, -0.1) is 0 Å². The molecule has 0 heterocycles. The zero-order valence-electron chi connectivity index (χ0n) is 8.20. The van der Waals surface area contributed by atoms with E-state index in [0.717, 1.165) is 11.3 Å². The summed E-state index contributed by atoms with van der Waals surface area (Å²) in [5.74, 6) is 0.636. The minimum atomic E-state index is -0.0220. The van der Waals surface area contributed by atoms with Gasteiger partial charge in [-0.05, 0) is 36.9 Å². The largest absolute Gasteiger partial charge is 0.508 e. The summed E-state index contributed by atoms with van der Waals surface area (Å²) < 4.78 is 0. The smallest absolute Gasteiger partial charge is 0.234 e. The number of aromatic hydroxyl groups is 1. The van der Waals surface area contributed by atoms with E-state index in [0.29, 0.717) is 5.75 Å². The van der Waals surface area contributed by atoms with Crippen LogP contribution in [-0.2, 0) is 4.79 Å². The lowest BCUT2D eigenvalue weighted by Crippen LogP contribution is -2.14. The summed E-state index contributed by atoms with van der Waals surface area (Å²) >= 11 is 1.48. The number of phenolic OH excluding ortho intramolecular Hbond substituents is 1. The van der Waals surface area contributed by atoms with Gasteiger partial charge in [-0.3, -0.25) is 4.79 Å². The molecule has 1 aromatic rings. The van der Waals surface area contributed by atoms with E-state index in [1.54, 1.807) is 18.2 Å². The molecule has 0 aliphatic rings. The maximum Gasteiger partial charge on any atom is 0.234 e. The van der Waals surface area contributed by atoms with Gasteiger partial charge in [0, 0.05) is 5.69 Å². The molecule has 1 amide bonds. The van der Waals surface area contributed by atoms with Crippen molar-refractivity contribution in [2.45, 2.75) is 6.92 Å². The van der Waals surface area contributed by atoms with Crippen LogP contribution in [0.4, 0.5) is 5.69 Å². The van der Waals surface area contributed by atoms with Crippen molar-refractivity contribution in [3.8, 4) is 5.75 Å². The standard InChI is InChI=1S/C10H13NO2S/c1-7-5-8(12)3-4-9(7)11-10(13)6-14-2/h3-5,12H,6H2,1-2H3,(H,11,13). The monoisotopic (exact) mass is 211 g/mol. The van der Waals surface area contributed by atoms with Gasteiger partial charge >= 0.3 is 0 Å². The van der Waals surface area contributed by atoms with Crippen molar-refractivity contribution >= 4 is 23.4 Å². The molecule has 0 aliphatic heterocycles. The third kappa shape index (κ3) is 2.96. The van der Waals surface area contributed by atoms with Crippen LogP contribution in [0.15, 0.2) is 18.2 Å². The van der Waals surface area contributed by atoms with E-state index in [1.807, 2.05) is 13.2 Å². The van der Waals surface area contributed by atoms with Crippen LogP contribution in [0.3, 0.4) is 0 Å². The Labute approximate surface area is 87.5 Å². The average molecular weight is 211 g/mol. The Bertz CT molecular complexity index is 339. The minimum absolute atomic E-state index is 0.0220. The number of carbonyl (C=O) groups excluding carboxylic acids is 1. The molecule has 0 atom stereocenters. The van der Waals surface area contributed by atoms with Crippen LogP contribution in [0.25, 0.3) is 0 Å². The predicted octanol–water partition coefficient (Wildman–Crippen LogP) is 2.00. The third-order valence-electron chi connectivity index (χ3n) is 1.76. The van der Waals surface area contributed by atoms with Crippen molar-refractivity contribution in [3.05, 3.63) is 23.8 Å². The highest BCUT2D eigenvalue weighted by Crippen LogP contribution is 2.20. The Balaban J connectivity index is 2.72. The molecule has 4 heteroatoms. The van der Waals surface area contributed by atoms with E-state index in [-0.39, 0.29) is 11.7 Å². The van der Waals surface area contributed by atoms with Gasteiger partial charge in [0.2, 0.25) is 5.91 Å². The van der Waals surface area contributed by atoms with Crippen molar-refractivity contribution in [2.24, 2.45) is 0 Å². The summed E-state index contributed by atoms with van der Waals surface area (Å²) in [5, 5.41) is 11.9. The number of nitrogens with one attached hydrogen (secondary N) is 1. The van der Waals surface area contributed by atoms with Gasteiger partial charge in [0.15, 0.2) is 0 Å². The minimum Gasteiger partial charge on any atom is -0.508 e. The van der Waals surface area contributed by atoms with Gasteiger partial charge < -0.3 is 10.4 Å². The van der Waals surface area contributed by atoms with Gasteiger partial charge in [0.1, 0.15) is 5.75 Å². The van der Waals surface area contributed by atoms with Gasteiger partial charge in [-0.25, -0.2) is 0 Å². The molecule has 3 nitrogen and oxygen atoms in total. The van der Waals surface area contributed by atoms with Crippen molar-refractivity contribution < 1.29 is 9.90 Å². The molecule has 0 saturated heterocycles. The van der Waals surface area contributed by atoms with E-state index in [2.05, 4.69) is 5.32 Å². The lowest BCUT2D eigenvalue weighted by Gasteiger charge is -2.07. The van der Waals surface area contributed by atoms with Crippen LogP contribution in [0.5, 0.6) is 5.75 Å². The van der Waals surface area contributed by atoms with E-state index >= 15 is 0 Å². The Morgan fingerprint density at radius 2 is 2.29 bits per heavy atom. The number of anilines is 1. The van der Waals surface area contributed by atoms with Crippen LogP contribution >= 0.6 is 11.8 Å². The molecule has 14 heavy (non-hydrogen) atoms. The van der Waals surface area contributed by atoms with Crippen LogP contribution < -0.4 is 5.32 Å². The number of carbonyl (C=O) groups is 1. The Kier molecular flexibility index (Phi) is 3.83. The van der Waals surface area contributed by atoms with Crippen molar-refractivity contribution in [1.29, 1.82) is 0 Å². The molecule has 0 unspecified atom stereocenters. The van der Waals surface area contributed by atoms with E-state index < -0.39 is 0 Å². The maximum absolute atomic E-state index is 11.3. The normalized spacial score (nSPS) is 9.86.